The van der Waals surface area contributed by atoms with Crippen LogP contribution in [-0.2, 0) is 9.59 Å². The number of likely N-dealkylation sites (tertiary alicyclic amines) is 1. The summed E-state index contributed by atoms with van der Waals surface area (Å²) in [4.78, 5) is 24.6. The third kappa shape index (κ3) is 5.01. The summed E-state index contributed by atoms with van der Waals surface area (Å²) < 4.78 is 44.1. The number of halogens is 4. The molecule has 1 aliphatic heterocycles. The van der Waals surface area contributed by atoms with Gasteiger partial charge in [-0.1, -0.05) is 0 Å². The Morgan fingerprint density at radius 1 is 1.27 bits per heavy atom. The minimum atomic E-state index is -4.62. The van der Waals surface area contributed by atoms with Crippen LogP contribution in [0.3, 0.4) is 0 Å². The summed E-state index contributed by atoms with van der Waals surface area (Å²) in [6.07, 6.45) is -4.62. The van der Waals surface area contributed by atoms with Gasteiger partial charge in [0, 0.05) is 18.8 Å². The van der Waals surface area contributed by atoms with Crippen molar-refractivity contribution >= 4 is 30.0 Å². The molecule has 10 heteroatoms. The highest BCUT2D eigenvalue weighted by atomic mass is 35.5. The summed E-state index contributed by atoms with van der Waals surface area (Å²) in [5.74, 6) is -4.97. The molecule has 146 valence electrons. The first-order chi connectivity index (χ1) is 11.6. The van der Waals surface area contributed by atoms with E-state index in [1.807, 2.05) is 0 Å². The van der Waals surface area contributed by atoms with Gasteiger partial charge in [0.25, 0.3) is 0 Å². The largest absolute Gasteiger partial charge is 0.497 e. The van der Waals surface area contributed by atoms with Crippen molar-refractivity contribution in [2.45, 2.75) is 19.1 Å². The quantitative estimate of drug-likeness (QED) is 0.800. The molecule has 1 fully saturated rings. The molecule has 0 spiro atoms. The molecular weight excluding hydrogens is 377 g/mol. The minimum Gasteiger partial charge on any atom is -0.497 e. The van der Waals surface area contributed by atoms with E-state index in [4.69, 9.17) is 9.84 Å². The van der Waals surface area contributed by atoms with Gasteiger partial charge in [-0.15, -0.1) is 12.4 Å². The fourth-order valence-electron chi connectivity index (χ4n) is 2.82. The monoisotopic (exact) mass is 396 g/mol. The van der Waals surface area contributed by atoms with Crippen LogP contribution in [0.4, 0.5) is 18.9 Å². The van der Waals surface area contributed by atoms with Crippen molar-refractivity contribution in [2.75, 3.05) is 25.5 Å². The fourth-order valence-corrected chi connectivity index (χ4v) is 2.82. The highest BCUT2D eigenvalue weighted by molar-refractivity contribution is 5.94. The summed E-state index contributed by atoms with van der Waals surface area (Å²) in [5, 5.41) is 11.6. The average Bonchev–Trinajstić information content (AvgIpc) is 3.00. The molecule has 1 saturated heterocycles. The van der Waals surface area contributed by atoms with E-state index < -0.39 is 42.5 Å². The Balaban J connectivity index is 0.00000338. The minimum absolute atomic E-state index is 0. The number of hydrogen-bond donors (Lipinski definition) is 2. The standard InChI is InChI=1S/C16H19F3N2O4.ClH/c1-9(14(22)20-10-3-5-11(25-2)6-4-10)21-7-12(15(23)24)13(8-21)16(17,18)19;/h3-6,9,12-13H,7-8H2,1-2H3,(H,20,22)(H,23,24);1H/t9?,12-,13-;/m1./s1. The zero-order chi connectivity index (χ0) is 18.8. The number of hydrogen-bond acceptors (Lipinski definition) is 4. The van der Waals surface area contributed by atoms with Crippen LogP contribution in [0.15, 0.2) is 24.3 Å². The number of alkyl halides is 3. The van der Waals surface area contributed by atoms with Crippen molar-refractivity contribution in [1.82, 2.24) is 4.90 Å². The lowest BCUT2D eigenvalue weighted by Gasteiger charge is -2.23. The molecule has 1 amide bonds. The van der Waals surface area contributed by atoms with Crippen molar-refractivity contribution < 1.29 is 32.6 Å². The van der Waals surface area contributed by atoms with Crippen molar-refractivity contribution in [3.8, 4) is 5.75 Å². The Kier molecular flexibility index (Phi) is 7.28. The molecule has 2 N–H and O–H groups in total. The number of benzene rings is 1. The second kappa shape index (κ2) is 8.59. The zero-order valence-electron chi connectivity index (χ0n) is 14.1. The second-order valence-corrected chi connectivity index (χ2v) is 5.94. The Morgan fingerprint density at radius 3 is 2.27 bits per heavy atom. The van der Waals surface area contributed by atoms with Crippen LogP contribution in [0, 0.1) is 11.8 Å². The summed E-state index contributed by atoms with van der Waals surface area (Å²) in [7, 11) is 1.50. The molecular formula is C16H20ClF3N2O4. The first-order valence-corrected chi connectivity index (χ1v) is 7.62. The zero-order valence-corrected chi connectivity index (χ0v) is 14.9. The Labute approximate surface area is 154 Å². The SMILES string of the molecule is COc1ccc(NC(=O)C(C)N2C[C@@H](C(F)(F)F)[C@H](C(=O)O)C2)cc1.Cl. The van der Waals surface area contributed by atoms with E-state index in [-0.39, 0.29) is 19.0 Å². The van der Waals surface area contributed by atoms with Gasteiger partial charge in [0.15, 0.2) is 0 Å². The molecule has 1 aromatic rings. The van der Waals surface area contributed by atoms with E-state index in [2.05, 4.69) is 5.32 Å². The number of ether oxygens (including phenoxy) is 1. The van der Waals surface area contributed by atoms with Crippen LogP contribution in [0.2, 0.25) is 0 Å². The molecule has 3 atom stereocenters. The molecule has 0 saturated carbocycles. The number of aliphatic carboxylic acids is 1. The van der Waals surface area contributed by atoms with Gasteiger partial charge in [-0.25, -0.2) is 0 Å². The highest BCUT2D eigenvalue weighted by Crippen LogP contribution is 2.38. The van der Waals surface area contributed by atoms with Crippen LogP contribution in [0.1, 0.15) is 6.92 Å². The number of carbonyl (C=O) groups is 2. The lowest BCUT2D eigenvalue weighted by Crippen LogP contribution is -2.41. The van der Waals surface area contributed by atoms with Crippen molar-refractivity contribution in [3.63, 3.8) is 0 Å². The van der Waals surface area contributed by atoms with Crippen LogP contribution in [0.25, 0.3) is 0 Å². The Bertz CT molecular complexity index is 639. The molecule has 0 aromatic heterocycles. The first-order valence-electron chi connectivity index (χ1n) is 7.62. The molecule has 6 nitrogen and oxygen atoms in total. The van der Waals surface area contributed by atoms with Gasteiger partial charge in [-0.05, 0) is 31.2 Å². The van der Waals surface area contributed by atoms with Crippen LogP contribution in [-0.4, -0.2) is 54.3 Å². The highest BCUT2D eigenvalue weighted by Gasteiger charge is 2.53. The van der Waals surface area contributed by atoms with E-state index in [0.29, 0.717) is 11.4 Å². The fraction of sp³-hybridized carbons (Fsp3) is 0.500. The number of nitrogens with zero attached hydrogens (tertiary/aromatic N) is 1. The number of carboxylic acid groups (broad SMARTS) is 1. The molecule has 1 aliphatic rings. The summed E-state index contributed by atoms with van der Waals surface area (Å²) in [5.41, 5.74) is 0.471. The third-order valence-corrected chi connectivity index (χ3v) is 4.37. The lowest BCUT2D eigenvalue weighted by molar-refractivity contribution is -0.188. The Morgan fingerprint density at radius 2 is 1.85 bits per heavy atom. The van der Waals surface area contributed by atoms with Gasteiger partial charge in [-0.2, -0.15) is 13.2 Å². The van der Waals surface area contributed by atoms with E-state index in [0.717, 1.165) is 0 Å². The average molecular weight is 397 g/mol. The predicted molar refractivity (Wildman–Crippen MR) is 90.6 cm³/mol. The number of rotatable bonds is 5. The molecule has 0 bridgehead atoms. The van der Waals surface area contributed by atoms with E-state index in [9.17, 15) is 22.8 Å². The molecule has 1 unspecified atom stereocenters. The van der Waals surface area contributed by atoms with Crippen molar-refractivity contribution in [3.05, 3.63) is 24.3 Å². The lowest BCUT2D eigenvalue weighted by atomic mass is 9.96. The number of amides is 1. The van der Waals surface area contributed by atoms with E-state index >= 15 is 0 Å². The van der Waals surface area contributed by atoms with E-state index in [1.165, 1.54) is 18.9 Å². The maximum absolute atomic E-state index is 13.0. The van der Waals surface area contributed by atoms with Crippen molar-refractivity contribution in [1.29, 1.82) is 0 Å². The summed E-state index contributed by atoms with van der Waals surface area (Å²) in [6.45, 7) is 0.616. The van der Waals surface area contributed by atoms with Gasteiger partial charge in [0.05, 0.1) is 25.0 Å². The number of carbonyl (C=O) groups excluding carboxylic acids is 1. The maximum atomic E-state index is 13.0. The van der Waals surface area contributed by atoms with Gasteiger partial charge in [0.2, 0.25) is 5.91 Å². The van der Waals surface area contributed by atoms with E-state index in [1.54, 1.807) is 24.3 Å². The number of methoxy groups -OCH3 is 1. The van der Waals surface area contributed by atoms with Gasteiger partial charge >= 0.3 is 12.1 Å². The van der Waals surface area contributed by atoms with Crippen LogP contribution < -0.4 is 10.1 Å². The summed E-state index contributed by atoms with van der Waals surface area (Å²) >= 11 is 0. The number of nitrogens with one attached hydrogen (secondary N) is 1. The number of anilines is 1. The molecule has 0 aliphatic carbocycles. The van der Waals surface area contributed by atoms with Crippen LogP contribution >= 0.6 is 12.4 Å². The number of carboxylic acids is 1. The smallest absolute Gasteiger partial charge is 0.393 e. The maximum Gasteiger partial charge on any atom is 0.393 e. The predicted octanol–water partition coefficient (Wildman–Crippen LogP) is 2.64. The topological polar surface area (TPSA) is 78.9 Å². The molecule has 2 rings (SSSR count). The van der Waals surface area contributed by atoms with Gasteiger partial charge < -0.3 is 15.2 Å². The van der Waals surface area contributed by atoms with Gasteiger partial charge in [0.1, 0.15) is 5.75 Å². The molecule has 1 aromatic carbocycles. The Hall–Kier alpha value is -2.00. The molecule has 26 heavy (non-hydrogen) atoms. The van der Waals surface area contributed by atoms with Crippen LogP contribution in [0.5, 0.6) is 5.75 Å². The third-order valence-electron chi connectivity index (χ3n) is 4.37. The van der Waals surface area contributed by atoms with Gasteiger partial charge in [-0.3, -0.25) is 14.5 Å². The second-order valence-electron chi connectivity index (χ2n) is 5.94. The normalized spacial score (nSPS) is 21.6. The summed E-state index contributed by atoms with van der Waals surface area (Å²) in [6, 6.07) is 5.58. The first kappa shape index (κ1) is 22.0. The molecule has 0 radical (unpaired) electrons. The molecule has 1 heterocycles. The van der Waals surface area contributed by atoms with Crippen molar-refractivity contribution in [2.24, 2.45) is 11.8 Å².